The van der Waals surface area contributed by atoms with Gasteiger partial charge in [0, 0.05) is 18.2 Å². The molecule has 0 spiro atoms. The van der Waals surface area contributed by atoms with E-state index in [1.807, 2.05) is 0 Å². The zero-order valence-corrected chi connectivity index (χ0v) is 17.9. The van der Waals surface area contributed by atoms with Crippen molar-refractivity contribution < 1.29 is 34.8 Å². The lowest BCUT2D eigenvalue weighted by Gasteiger charge is -2.14. The number of halogens is 6. The number of hydrogen-bond donors (Lipinski definition) is 0. The summed E-state index contributed by atoms with van der Waals surface area (Å²) >= 11 is 0. The molecule has 3 aromatic rings. The first-order valence-corrected chi connectivity index (χ1v) is 10.9. The molecule has 0 radical (unpaired) electrons. The minimum atomic E-state index is -4.77. The maximum Gasteiger partial charge on any atom is 0.416 e. The predicted octanol–water partition coefficient (Wildman–Crippen LogP) is 5.46. The normalized spacial score (nSPS) is 12.6. The van der Waals surface area contributed by atoms with Gasteiger partial charge < -0.3 is 4.57 Å². The van der Waals surface area contributed by atoms with E-state index in [0.717, 1.165) is 24.3 Å². The smallest absolute Gasteiger partial charge is 0.327 e. The maximum absolute atomic E-state index is 13.2. The quantitative estimate of drug-likeness (QED) is 0.458. The van der Waals surface area contributed by atoms with Gasteiger partial charge in [0.15, 0.2) is 9.84 Å². The minimum absolute atomic E-state index is 0.0328. The Morgan fingerprint density at radius 1 is 0.970 bits per heavy atom. The van der Waals surface area contributed by atoms with E-state index in [0.29, 0.717) is 12.1 Å². The number of benzene rings is 2. The van der Waals surface area contributed by atoms with Crippen LogP contribution >= 0.6 is 0 Å². The minimum Gasteiger partial charge on any atom is -0.327 e. The van der Waals surface area contributed by atoms with Crippen LogP contribution in [0.3, 0.4) is 0 Å². The monoisotopic (exact) mass is 487 g/mol. The van der Waals surface area contributed by atoms with Gasteiger partial charge in [0.2, 0.25) is 0 Å². The van der Waals surface area contributed by atoms with Crippen LogP contribution in [0, 0.1) is 11.3 Å². The summed E-state index contributed by atoms with van der Waals surface area (Å²) in [7, 11) is -2.68. The van der Waals surface area contributed by atoms with Gasteiger partial charge >= 0.3 is 12.4 Å². The van der Waals surface area contributed by atoms with Crippen molar-refractivity contribution in [2.24, 2.45) is 7.05 Å². The summed E-state index contributed by atoms with van der Waals surface area (Å²) in [6, 6.07) is 6.46. The van der Waals surface area contributed by atoms with Gasteiger partial charge in [-0.15, -0.1) is 0 Å². The molecule has 174 valence electrons. The Bertz CT molecular complexity index is 1370. The number of nitrogens with zero attached hydrogens (tertiary/aromatic N) is 3. The molecule has 12 heteroatoms. The second-order valence-electron chi connectivity index (χ2n) is 7.01. The van der Waals surface area contributed by atoms with E-state index in [-0.39, 0.29) is 28.2 Å². The number of imidazole rings is 1. The number of nitriles is 1. The molecule has 0 aliphatic rings. The Morgan fingerprint density at radius 3 is 2.03 bits per heavy atom. The van der Waals surface area contributed by atoms with Crippen LogP contribution in [0.4, 0.5) is 26.3 Å². The molecule has 0 aliphatic carbocycles. The standard InChI is InChI=1S/C21H15F6N3O2S/c1-3-33(31,32)18-9-14(21(25,26)27)5-7-16(18)19-29-11-17(30(19)2)15-6-4-13(20(22,23)24)8-12(15)10-28/h4-9,11H,3H2,1-2H3. The summed E-state index contributed by atoms with van der Waals surface area (Å²) in [6.07, 6.45) is -8.23. The third kappa shape index (κ3) is 4.59. The van der Waals surface area contributed by atoms with E-state index < -0.39 is 44.0 Å². The summed E-state index contributed by atoms with van der Waals surface area (Å²) in [5, 5.41) is 9.34. The average molecular weight is 487 g/mol. The van der Waals surface area contributed by atoms with Gasteiger partial charge in [-0.25, -0.2) is 13.4 Å². The molecule has 0 N–H and O–H groups in total. The highest BCUT2D eigenvalue weighted by atomic mass is 32.2. The predicted molar refractivity (Wildman–Crippen MR) is 107 cm³/mol. The molecule has 0 bridgehead atoms. The van der Waals surface area contributed by atoms with Crippen LogP contribution in [-0.4, -0.2) is 23.7 Å². The second kappa shape index (κ2) is 8.22. The van der Waals surface area contributed by atoms with Gasteiger partial charge in [0.25, 0.3) is 0 Å². The Hall–Kier alpha value is -3.33. The van der Waals surface area contributed by atoms with E-state index in [9.17, 15) is 40.0 Å². The molecule has 0 unspecified atom stereocenters. The Balaban J connectivity index is 2.22. The summed E-state index contributed by atoms with van der Waals surface area (Å²) in [5.74, 6) is -0.495. The van der Waals surface area contributed by atoms with Gasteiger partial charge in [-0.2, -0.15) is 31.6 Å². The highest BCUT2D eigenvalue weighted by Crippen LogP contribution is 2.37. The highest BCUT2D eigenvalue weighted by Gasteiger charge is 2.34. The van der Waals surface area contributed by atoms with Crippen LogP contribution in [0.5, 0.6) is 0 Å². The zero-order chi connectivity index (χ0) is 24.8. The van der Waals surface area contributed by atoms with Crippen molar-refractivity contribution in [3.05, 3.63) is 59.3 Å². The van der Waals surface area contributed by atoms with E-state index in [1.165, 1.54) is 24.7 Å². The Kier molecular flexibility index (Phi) is 6.06. The van der Waals surface area contributed by atoms with E-state index >= 15 is 0 Å². The second-order valence-corrected chi connectivity index (χ2v) is 9.25. The Morgan fingerprint density at radius 2 is 1.52 bits per heavy atom. The molecular formula is C21H15F6N3O2S. The first-order valence-electron chi connectivity index (χ1n) is 9.28. The summed E-state index contributed by atoms with van der Waals surface area (Å²) in [5.41, 5.74) is -2.31. The molecule has 0 aliphatic heterocycles. The van der Waals surface area contributed by atoms with Crippen LogP contribution in [0.1, 0.15) is 23.6 Å². The lowest BCUT2D eigenvalue weighted by molar-refractivity contribution is -0.138. The van der Waals surface area contributed by atoms with Gasteiger partial charge in [-0.05, 0) is 30.3 Å². The number of aromatic nitrogens is 2. The van der Waals surface area contributed by atoms with Crippen molar-refractivity contribution in [1.82, 2.24) is 9.55 Å². The van der Waals surface area contributed by atoms with Crippen molar-refractivity contribution in [3.8, 4) is 28.7 Å². The maximum atomic E-state index is 13.2. The van der Waals surface area contributed by atoms with Gasteiger partial charge in [0.05, 0.1) is 45.3 Å². The van der Waals surface area contributed by atoms with Crippen molar-refractivity contribution in [2.45, 2.75) is 24.2 Å². The van der Waals surface area contributed by atoms with Gasteiger partial charge in [0.1, 0.15) is 5.82 Å². The lowest BCUT2D eigenvalue weighted by atomic mass is 10.0. The SMILES string of the molecule is CCS(=O)(=O)c1cc(C(F)(F)F)ccc1-c1ncc(-c2ccc(C(F)(F)F)cc2C#N)n1C. The number of hydrogen-bond acceptors (Lipinski definition) is 4. The molecule has 1 aromatic heterocycles. The van der Waals surface area contributed by atoms with Crippen molar-refractivity contribution in [1.29, 1.82) is 5.26 Å². The molecule has 0 saturated carbocycles. The van der Waals surface area contributed by atoms with Crippen molar-refractivity contribution >= 4 is 9.84 Å². The molecule has 2 aromatic carbocycles. The lowest BCUT2D eigenvalue weighted by Crippen LogP contribution is -2.11. The van der Waals surface area contributed by atoms with E-state index in [2.05, 4.69) is 4.98 Å². The number of alkyl halides is 6. The zero-order valence-electron chi connectivity index (χ0n) is 17.1. The van der Waals surface area contributed by atoms with Crippen LogP contribution in [0.15, 0.2) is 47.5 Å². The van der Waals surface area contributed by atoms with E-state index in [4.69, 9.17) is 0 Å². The van der Waals surface area contributed by atoms with E-state index in [1.54, 1.807) is 6.07 Å². The first-order chi connectivity index (χ1) is 15.2. The summed E-state index contributed by atoms with van der Waals surface area (Å²) in [6.45, 7) is 1.28. The molecule has 33 heavy (non-hydrogen) atoms. The summed E-state index contributed by atoms with van der Waals surface area (Å²) < 4.78 is 105. The largest absolute Gasteiger partial charge is 0.416 e. The van der Waals surface area contributed by atoms with Gasteiger partial charge in [-0.1, -0.05) is 13.0 Å². The Labute approximate surface area is 184 Å². The first kappa shape index (κ1) is 24.3. The molecule has 3 rings (SSSR count). The van der Waals surface area contributed by atoms with Crippen LogP contribution < -0.4 is 0 Å². The third-order valence-corrected chi connectivity index (χ3v) is 6.76. The van der Waals surface area contributed by atoms with Crippen LogP contribution in [0.2, 0.25) is 0 Å². The number of sulfone groups is 1. The third-order valence-electron chi connectivity index (χ3n) is 5.00. The fraction of sp³-hybridized carbons (Fsp3) is 0.238. The van der Waals surface area contributed by atoms with Crippen molar-refractivity contribution in [3.63, 3.8) is 0 Å². The average Bonchev–Trinajstić information content (AvgIpc) is 3.12. The molecule has 1 heterocycles. The molecule has 5 nitrogen and oxygen atoms in total. The van der Waals surface area contributed by atoms with Crippen LogP contribution in [0.25, 0.3) is 22.6 Å². The molecule has 0 saturated heterocycles. The molecular weight excluding hydrogens is 472 g/mol. The van der Waals surface area contributed by atoms with Crippen LogP contribution in [-0.2, 0) is 29.2 Å². The fourth-order valence-corrected chi connectivity index (χ4v) is 4.35. The fourth-order valence-electron chi connectivity index (χ4n) is 3.24. The van der Waals surface area contributed by atoms with Gasteiger partial charge in [-0.3, -0.25) is 0 Å². The van der Waals surface area contributed by atoms with Crippen molar-refractivity contribution in [2.75, 3.05) is 5.75 Å². The molecule has 0 fully saturated rings. The summed E-state index contributed by atoms with van der Waals surface area (Å²) in [4.78, 5) is 3.52. The highest BCUT2D eigenvalue weighted by molar-refractivity contribution is 7.91. The molecule has 0 atom stereocenters. The topological polar surface area (TPSA) is 75.8 Å². The molecule has 0 amide bonds. The number of rotatable bonds is 4.